The number of hydrogen-bond donors (Lipinski definition) is 1. The highest BCUT2D eigenvalue weighted by atomic mass is 32.1. The Kier molecular flexibility index (Phi) is 4.05. The molecule has 0 saturated carbocycles. The minimum Gasteiger partial charge on any atom is -0.322 e. The molecule has 0 bridgehead atoms. The van der Waals surface area contributed by atoms with E-state index in [4.69, 9.17) is 0 Å². The number of aromatic nitrogens is 5. The van der Waals surface area contributed by atoms with Crippen molar-refractivity contribution in [1.82, 2.24) is 30.1 Å². The Morgan fingerprint density at radius 2 is 2.37 bits per heavy atom. The topological polar surface area (TPSA) is 88.8 Å². The van der Waals surface area contributed by atoms with Gasteiger partial charge in [0.25, 0.3) is 5.95 Å². The van der Waals surface area contributed by atoms with Gasteiger partial charge in [0.1, 0.15) is 0 Å². The van der Waals surface area contributed by atoms with E-state index in [1.807, 2.05) is 5.38 Å². The number of carbonyl (C=O) groups excluding carboxylic acids is 1. The smallest absolute Gasteiger partial charge is 0.322 e. The summed E-state index contributed by atoms with van der Waals surface area (Å²) in [7, 11) is 3.32. The van der Waals surface area contributed by atoms with Crippen LogP contribution in [0.4, 0.5) is 10.7 Å². The summed E-state index contributed by atoms with van der Waals surface area (Å²) in [5, 5.41) is 16.8. The third-order valence-electron chi connectivity index (χ3n) is 2.37. The Hall–Kier alpha value is -2.03. The lowest BCUT2D eigenvalue weighted by atomic mass is 10.4. The van der Waals surface area contributed by atoms with Crippen molar-refractivity contribution in [3.05, 3.63) is 16.1 Å². The van der Waals surface area contributed by atoms with Crippen LogP contribution in [0.15, 0.2) is 5.38 Å². The summed E-state index contributed by atoms with van der Waals surface area (Å²) in [6.07, 6.45) is 0.907. The summed E-state index contributed by atoms with van der Waals surface area (Å²) in [5.41, 5.74) is 0.881. The number of thiazole rings is 1. The largest absolute Gasteiger partial charge is 0.324 e. The van der Waals surface area contributed by atoms with Crippen molar-refractivity contribution < 1.29 is 4.79 Å². The van der Waals surface area contributed by atoms with Crippen LogP contribution < -0.4 is 5.32 Å². The SMILES string of the molecule is CCc1nc(CN(C)C(=O)Nc2nnn(C)n2)cs1. The molecule has 0 aliphatic carbocycles. The van der Waals surface area contributed by atoms with Gasteiger partial charge >= 0.3 is 6.03 Å². The van der Waals surface area contributed by atoms with Crippen LogP contribution in [0.2, 0.25) is 0 Å². The minimum absolute atomic E-state index is 0.187. The van der Waals surface area contributed by atoms with E-state index >= 15 is 0 Å². The summed E-state index contributed by atoms with van der Waals surface area (Å²) in [6, 6.07) is -0.293. The van der Waals surface area contributed by atoms with Crippen molar-refractivity contribution in [2.75, 3.05) is 12.4 Å². The van der Waals surface area contributed by atoms with Gasteiger partial charge in [-0.05, 0) is 11.6 Å². The molecule has 0 aliphatic rings. The van der Waals surface area contributed by atoms with Crippen molar-refractivity contribution in [1.29, 1.82) is 0 Å². The number of amides is 2. The Labute approximate surface area is 114 Å². The van der Waals surface area contributed by atoms with Gasteiger partial charge < -0.3 is 4.90 Å². The molecule has 0 aliphatic heterocycles. The van der Waals surface area contributed by atoms with Gasteiger partial charge in [-0.1, -0.05) is 12.0 Å². The van der Waals surface area contributed by atoms with E-state index in [1.165, 1.54) is 9.70 Å². The highest BCUT2D eigenvalue weighted by Gasteiger charge is 2.13. The van der Waals surface area contributed by atoms with Crippen LogP contribution in [0, 0.1) is 0 Å². The summed E-state index contributed by atoms with van der Waals surface area (Å²) in [6.45, 7) is 2.50. The third kappa shape index (κ3) is 3.47. The zero-order chi connectivity index (χ0) is 13.8. The number of aryl methyl sites for hydroxylation is 2. The molecule has 0 spiro atoms. The molecule has 8 nitrogen and oxygen atoms in total. The quantitative estimate of drug-likeness (QED) is 0.899. The van der Waals surface area contributed by atoms with Crippen LogP contribution in [0.1, 0.15) is 17.6 Å². The number of carbonyl (C=O) groups is 1. The van der Waals surface area contributed by atoms with Gasteiger partial charge in [-0.15, -0.1) is 16.4 Å². The maximum Gasteiger partial charge on any atom is 0.324 e. The average Bonchev–Trinajstić information content (AvgIpc) is 2.98. The van der Waals surface area contributed by atoms with E-state index in [1.54, 1.807) is 25.4 Å². The van der Waals surface area contributed by atoms with Gasteiger partial charge in [-0.25, -0.2) is 9.78 Å². The lowest BCUT2D eigenvalue weighted by Gasteiger charge is -2.14. The second-order valence-corrected chi connectivity index (χ2v) is 4.92. The highest BCUT2D eigenvalue weighted by Crippen LogP contribution is 2.12. The van der Waals surface area contributed by atoms with Crippen LogP contribution in [0.5, 0.6) is 0 Å². The fourth-order valence-corrected chi connectivity index (χ4v) is 2.16. The fraction of sp³-hybridized carbons (Fsp3) is 0.500. The summed E-state index contributed by atoms with van der Waals surface area (Å²) >= 11 is 1.60. The number of tetrazole rings is 1. The summed E-state index contributed by atoms with van der Waals surface area (Å²) < 4.78 is 0. The molecule has 0 unspecified atom stereocenters. The van der Waals surface area contributed by atoms with Crippen molar-refractivity contribution >= 4 is 23.3 Å². The number of nitrogens with zero attached hydrogens (tertiary/aromatic N) is 6. The molecule has 19 heavy (non-hydrogen) atoms. The lowest BCUT2D eigenvalue weighted by Crippen LogP contribution is -2.31. The predicted octanol–water partition coefficient (Wildman–Crippen LogP) is 0.893. The van der Waals surface area contributed by atoms with E-state index in [0.29, 0.717) is 6.54 Å². The zero-order valence-electron chi connectivity index (χ0n) is 11.0. The maximum absolute atomic E-state index is 11.9. The van der Waals surface area contributed by atoms with Crippen molar-refractivity contribution in [3.8, 4) is 0 Å². The van der Waals surface area contributed by atoms with E-state index in [2.05, 4.69) is 32.6 Å². The first-order chi connectivity index (χ1) is 9.08. The molecule has 0 radical (unpaired) electrons. The summed E-state index contributed by atoms with van der Waals surface area (Å²) in [5.74, 6) is 0.187. The number of urea groups is 1. The van der Waals surface area contributed by atoms with Crippen molar-refractivity contribution in [3.63, 3.8) is 0 Å². The standard InChI is InChI=1S/C10H15N7OS/c1-4-8-11-7(6-19-8)5-16(2)10(18)12-9-13-15-17(3)14-9/h6H,4-5H2,1-3H3,(H,12,14,18). The first kappa shape index (κ1) is 13.4. The predicted molar refractivity (Wildman–Crippen MR) is 70.8 cm³/mol. The second-order valence-electron chi connectivity index (χ2n) is 3.97. The molecule has 0 aromatic carbocycles. The third-order valence-corrected chi connectivity index (χ3v) is 3.42. The van der Waals surface area contributed by atoms with E-state index in [0.717, 1.165) is 17.1 Å². The Morgan fingerprint density at radius 1 is 1.58 bits per heavy atom. The molecule has 9 heteroatoms. The fourth-order valence-electron chi connectivity index (χ4n) is 1.42. The van der Waals surface area contributed by atoms with Crippen LogP contribution in [-0.4, -0.2) is 43.2 Å². The molecule has 2 aromatic rings. The maximum atomic E-state index is 11.9. The van der Waals surface area contributed by atoms with Gasteiger partial charge in [0.2, 0.25) is 0 Å². The Morgan fingerprint density at radius 3 is 2.95 bits per heavy atom. The Bertz CT molecular complexity index is 564. The monoisotopic (exact) mass is 281 g/mol. The second kappa shape index (κ2) is 5.74. The first-order valence-electron chi connectivity index (χ1n) is 5.78. The molecule has 2 heterocycles. The summed E-state index contributed by atoms with van der Waals surface area (Å²) in [4.78, 5) is 19.1. The first-order valence-corrected chi connectivity index (χ1v) is 6.66. The molecular weight excluding hydrogens is 266 g/mol. The van der Waals surface area contributed by atoms with E-state index in [9.17, 15) is 4.79 Å². The normalized spacial score (nSPS) is 10.5. The van der Waals surface area contributed by atoms with Gasteiger partial charge in [-0.2, -0.15) is 4.80 Å². The number of nitrogens with one attached hydrogen (secondary N) is 1. The van der Waals surface area contributed by atoms with Gasteiger partial charge in [0.15, 0.2) is 0 Å². The molecular formula is C10H15N7OS. The zero-order valence-corrected chi connectivity index (χ0v) is 11.8. The van der Waals surface area contributed by atoms with E-state index in [-0.39, 0.29) is 12.0 Å². The van der Waals surface area contributed by atoms with Gasteiger partial charge in [0.05, 0.1) is 24.3 Å². The van der Waals surface area contributed by atoms with Crippen molar-refractivity contribution in [2.45, 2.75) is 19.9 Å². The molecule has 0 fully saturated rings. The molecule has 0 atom stereocenters. The van der Waals surface area contributed by atoms with Crippen LogP contribution in [-0.2, 0) is 20.0 Å². The minimum atomic E-state index is -0.293. The lowest BCUT2D eigenvalue weighted by molar-refractivity contribution is 0.220. The molecule has 2 aromatic heterocycles. The van der Waals surface area contributed by atoms with Gasteiger partial charge in [-0.3, -0.25) is 5.32 Å². The number of rotatable bonds is 4. The molecule has 2 rings (SSSR count). The van der Waals surface area contributed by atoms with Crippen LogP contribution in [0.25, 0.3) is 0 Å². The van der Waals surface area contributed by atoms with Crippen LogP contribution in [0.3, 0.4) is 0 Å². The van der Waals surface area contributed by atoms with Gasteiger partial charge in [0, 0.05) is 12.4 Å². The molecule has 2 amide bonds. The molecule has 102 valence electrons. The van der Waals surface area contributed by atoms with E-state index < -0.39 is 0 Å². The molecule has 0 saturated heterocycles. The average molecular weight is 281 g/mol. The number of hydrogen-bond acceptors (Lipinski definition) is 6. The van der Waals surface area contributed by atoms with Crippen LogP contribution >= 0.6 is 11.3 Å². The highest BCUT2D eigenvalue weighted by molar-refractivity contribution is 7.09. The van der Waals surface area contributed by atoms with Crippen molar-refractivity contribution in [2.24, 2.45) is 7.05 Å². The number of anilines is 1. The molecule has 1 N–H and O–H groups in total. The Balaban J connectivity index is 1.91.